The predicted molar refractivity (Wildman–Crippen MR) is 64.9 cm³/mol. The van der Waals surface area contributed by atoms with Crippen molar-refractivity contribution >= 4 is 17.4 Å². The van der Waals surface area contributed by atoms with Gasteiger partial charge in [0.2, 0.25) is 5.78 Å². The maximum absolute atomic E-state index is 12.0. The monoisotopic (exact) mass is 250 g/mol. The van der Waals surface area contributed by atoms with E-state index in [4.69, 9.17) is 20.8 Å². The van der Waals surface area contributed by atoms with E-state index in [-0.39, 0.29) is 16.8 Å². The third-order valence-corrected chi connectivity index (χ3v) is 2.66. The van der Waals surface area contributed by atoms with Gasteiger partial charge in [0.05, 0.1) is 7.11 Å². The lowest BCUT2D eigenvalue weighted by molar-refractivity contribution is 0.101. The molecule has 0 fully saturated rings. The third-order valence-electron chi connectivity index (χ3n) is 2.45. The molecule has 2 rings (SSSR count). The zero-order valence-corrected chi connectivity index (χ0v) is 10.2. The van der Waals surface area contributed by atoms with E-state index in [1.165, 1.54) is 0 Å². The summed E-state index contributed by atoms with van der Waals surface area (Å²) < 4.78 is 10.2. The van der Waals surface area contributed by atoms with Gasteiger partial charge in [0.25, 0.3) is 0 Å². The van der Waals surface area contributed by atoms with E-state index < -0.39 is 0 Å². The Morgan fingerprint density at radius 1 is 1.29 bits per heavy atom. The number of ether oxygens (including phenoxy) is 1. The number of carbonyl (C=O) groups is 1. The van der Waals surface area contributed by atoms with E-state index in [0.29, 0.717) is 5.56 Å². The van der Waals surface area contributed by atoms with E-state index in [2.05, 4.69) is 0 Å². The first kappa shape index (κ1) is 11.7. The van der Waals surface area contributed by atoms with Gasteiger partial charge >= 0.3 is 0 Å². The van der Waals surface area contributed by atoms with Crippen molar-refractivity contribution in [2.75, 3.05) is 7.11 Å². The Kier molecular flexibility index (Phi) is 3.20. The molecular weight excluding hydrogens is 240 g/mol. The molecule has 1 aromatic heterocycles. The van der Waals surface area contributed by atoms with Crippen molar-refractivity contribution in [3.05, 3.63) is 52.4 Å². The molecule has 0 unspecified atom stereocenters. The number of aryl methyl sites for hydroxylation is 1. The van der Waals surface area contributed by atoms with Crippen LogP contribution in [-0.2, 0) is 0 Å². The molecule has 0 aliphatic rings. The Morgan fingerprint density at radius 2 is 2.06 bits per heavy atom. The first-order valence-corrected chi connectivity index (χ1v) is 5.44. The second-order valence-electron chi connectivity index (χ2n) is 3.62. The molecule has 0 spiro atoms. The second-order valence-corrected chi connectivity index (χ2v) is 3.99. The van der Waals surface area contributed by atoms with Gasteiger partial charge in [-0.05, 0) is 54.4 Å². The van der Waals surface area contributed by atoms with E-state index in [9.17, 15) is 4.79 Å². The maximum Gasteiger partial charge on any atom is 0.228 e. The largest absolute Gasteiger partial charge is 0.496 e. The Morgan fingerprint density at radius 3 is 2.59 bits per heavy atom. The summed E-state index contributed by atoms with van der Waals surface area (Å²) in [6.07, 6.45) is 0. The number of rotatable bonds is 3. The minimum absolute atomic E-state index is 0.192. The molecule has 17 heavy (non-hydrogen) atoms. The van der Waals surface area contributed by atoms with Crippen molar-refractivity contribution in [2.24, 2.45) is 0 Å². The van der Waals surface area contributed by atoms with Gasteiger partial charge in [-0.2, -0.15) is 0 Å². The van der Waals surface area contributed by atoms with E-state index in [1.807, 2.05) is 6.92 Å². The summed E-state index contributed by atoms with van der Waals surface area (Å²) in [7, 11) is 1.59. The quantitative estimate of drug-likeness (QED) is 0.783. The molecular formula is C13H11ClO3. The highest BCUT2D eigenvalue weighted by Gasteiger charge is 2.14. The summed E-state index contributed by atoms with van der Waals surface area (Å²) in [5, 5.41) is 0.207. The first-order chi connectivity index (χ1) is 8.11. The number of halogens is 1. The highest BCUT2D eigenvalue weighted by molar-refractivity contribution is 6.29. The normalized spacial score (nSPS) is 10.3. The smallest absolute Gasteiger partial charge is 0.228 e. The van der Waals surface area contributed by atoms with Crippen LogP contribution in [0.2, 0.25) is 5.22 Å². The van der Waals surface area contributed by atoms with E-state index in [0.717, 1.165) is 11.3 Å². The molecule has 0 radical (unpaired) electrons. The lowest BCUT2D eigenvalue weighted by atomic mass is 10.1. The van der Waals surface area contributed by atoms with Gasteiger partial charge in [-0.25, -0.2) is 0 Å². The minimum atomic E-state index is -0.192. The molecule has 0 aliphatic carbocycles. The van der Waals surface area contributed by atoms with Gasteiger partial charge in [-0.1, -0.05) is 0 Å². The third kappa shape index (κ3) is 2.34. The summed E-state index contributed by atoms with van der Waals surface area (Å²) in [6.45, 7) is 1.88. The number of methoxy groups -OCH3 is 1. The van der Waals surface area contributed by atoms with Crippen LogP contribution in [0, 0.1) is 6.92 Å². The van der Waals surface area contributed by atoms with E-state index >= 15 is 0 Å². The number of benzene rings is 1. The molecule has 1 heterocycles. The maximum atomic E-state index is 12.0. The number of carbonyl (C=O) groups excluding carboxylic acids is 1. The van der Waals surface area contributed by atoms with Gasteiger partial charge in [0.15, 0.2) is 11.0 Å². The molecule has 0 amide bonds. The van der Waals surface area contributed by atoms with Crippen LogP contribution in [0.1, 0.15) is 21.7 Å². The van der Waals surface area contributed by atoms with Crippen molar-refractivity contribution in [2.45, 2.75) is 6.92 Å². The van der Waals surface area contributed by atoms with Gasteiger partial charge in [-0.15, -0.1) is 0 Å². The number of furan rings is 1. The van der Waals surface area contributed by atoms with Gasteiger partial charge in [0.1, 0.15) is 5.75 Å². The first-order valence-electron chi connectivity index (χ1n) is 5.06. The second kappa shape index (κ2) is 4.63. The molecule has 0 saturated carbocycles. The van der Waals surface area contributed by atoms with Crippen molar-refractivity contribution in [1.29, 1.82) is 0 Å². The molecule has 2 aromatic rings. The van der Waals surface area contributed by atoms with Crippen LogP contribution in [0.15, 0.2) is 34.7 Å². The van der Waals surface area contributed by atoms with Gasteiger partial charge < -0.3 is 9.15 Å². The van der Waals surface area contributed by atoms with Crippen LogP contribution in [-0.4, -0.2) is 12.9 Å². The van der Waals surface area contributed by atoms with Crippen LogP contribution < -0.4 is 4.74 Å². The fourth-order valence-corrected chi connectivity index (χ4v) is 1.74. The lowest BCUT2D eigenvalue weighted by Gasteiger charge is -2.05. The zero-order chi connectivity index (χ0) is 12.4. The molecule has 0 bridgehead atoms. The molecule has 0 atom stereocenters. The van der Waals surface area contributed by atoms with Crippen LogP contribution >= 0.6 is 11.6 Å². The zero-order valence-electron chi connectivity index (χ0n) is 9.49. The molecule has 0 aliphatic heterocycles. The number of hydrogen-bond donors (Lipinski definition) is 0. The van der Waals surface area contributed by atoms with Crippen molar-refractivity contribution < 1.29 is 13.9 Å². The van der Waals surface area contributed by atoms with Crippen molar-refractivity contribution in [3.8, 4) is 5.75 Å². The average molecular weight is 251 g/mol. The average Bonchev–Trinajstić information content (AvgIpc) is 2.75. The summed E-state index contributed by atoms with van der Waals surface area (Å²) >= 11 is 5.63. The molecule has 1 aromatic carbocycles. The van der Waals surface area contributed by atoms with E-state index in [1.54, 1.807) is 37.4 Å². The molecule has 0 N–H and O–H groups in total. The van der Waals surface area contributed by atoms with Crippen LogP contribution in [0.4, 0.5) is 0 Å². The van der Waals surface area contributed by atoms with Crippen molar-refractivity contribution in [3.63, 3.8) is 0 Å². The standard InChI is InChI=1S/C13H11ClO3/c1-8-7-9(3-4-10(8)16-2)13(15)11-5-6-12(14)17-11/h3-7H,1-2H3. The fraction of sp³-hybridized carbons (Fsp3) is 0.154. The molecule has 88 valence electrons. The predicted octanol–water partition coefficient (Wildman–Crippen LogP) is 3.48. The Labute approximate surface area is 104 Å². The van der Waals surface area contributed by atoms with Gasteiger partial charge in [-0.3, -0.25) is 4.79 Å². The van der Waals surface area contributed by atoms with Gasteiger partial charge in [0, 0.05) is 5.56 Å². The summed E-state index contributed by atoms with van der Waals surface area (Å²) in [5.74, 6) is 0.793. The summed E-state index contributed by atoms with van der Waals surface area (Å²) in [4.78, 5) is 12.0. The Hall–Kier alpha value is -1.74. The Balaban J connectivity index is 2.35. The summed E-state index contributed by atoms with van der Waals surface area (Å²) in [6, 6.07) is 8.32. The molecule has 0 saturated heterocycles. The summed E-state index contributed by atoms with van der Waals surface area (Å²) in [5.41, 5.74) is 1.45. The van der Waals surface area contributed by atoms with Crippen LogP contribution in [0.3, 0.4) is 0 Å². The minimum Gasteiger partial charge on any atom is -0.496 e. The number of ketones is 1. The SMILES string of the molecule is COc1ccc(C(=O)c2ccc(Cl)o2)cc1C. The van der Waals surface area contributed by atoms with Crippen LogP contribution in [0.25, 0.3) is 0 Å². The molecule has 4 heteroatoms. The number of hydrogen-bond acceptors (Lipinski definition) is 3. The molecule has 3 nitrogen and oxygen atoms in total. The van der Waals surface area contributed by atoms with Crippen LogP contribution in [0.5, 0.6) is 5.75 Å². The lowest BCUT2D eigenvalue weighted by Crippen LogP contribution is -2.00. The highest BCUT2D eigenvalue weighted by Crippen LogP contribution is 2.22. The fourth-order valence-electron chi connectivity index (χ4n) is 1.60. The highest BCUT2D eigenvalue weighted by atomic mass is 35.5. The Bertz CT molecular complexity index is 558. The topological polar surface area (TPSA) is 39.4 Å². The van der Waals surface area contributed by atoms with Crippen molar-refractivity contribution in [1.82, 2.24) is 0 Å².